The lowest BCUT2D eigenvalue weighted by atomic mass is 10.1. The van der Waals surface area contributed by atoms with Crippen molar-refractivity contribution >= 4 is 17.4 Å². The van der Waals surface area contributed by atoms with Crippen LogP contribution in [0.4, 0.5) is 5.69 Å². The second kappa shape index (κ2) is 5.17. The molecule has 1 heterocycles. The van der Waals surface area contributed by atoms with Crippen molar-refractivity contribution in [1.29, 1.82) is 0 Å². The van der Waals surface area contributed by atoms with Crippen LogP contribution in [0.5, 0.6) is 5.75 Å². The molecular weight excluding hydrogens is 254 g/mol. The number of nitrogens with one attached hydrogen (secondary N) is 1. The lowest BCUT2D eigenvalue weighted by Crippen LogP contribution is -2.10. The van der Waals surface area contributed by atoms with Crippen LogP contribution < -0.4 is 10.1 Å². The van der Waals surface area contributed by atoms with Gasteiger partial charge in [0.15, 0.2) is 0 Å². The Hall–Kier alpha value is -1.61. The zero-order valence-electron chi connectivity index (χ0n) is 11.1. The molecule has 98 valence electrons. The van der Waals surface area contributed by atoms with E-state index in [1.54, 1.807) is 7.11 Å². The summed E-state index contributed by atoms with van der Waals surface area (Å²) in [6, 6.07) is 15.2. The van der Waals surface area contributed by atoms with Gasteiger partial charge in [-0.15, -0.1) is 11.8 Å². The maximum atomic E-state index is 5.46. The summed E-state index contributed by atoms with van der Waals surface area (Å²) < 4.78 is 5.46. The van der Waals surface area contributed by atoms with Gasteiger partial charge in [-0.05, 0) is 36.2 Å². The zero-order valence-corrected chi connectivity index (χ0v) is 12.0. The summed E-state index contributed by atoms with van der Waals surface area (Å²) in [5.74, 6) is 1.98. The smallest absolute Gasteiger partial charge is 0.142 e. The third-order valence-electron chi connectivity index (χ3n) is 3.39. The van der Waals surface area contributed by atoms with E-state index in [1.165, 1.54) is 16.0 Å². The highest BCUT2D eigenvalue weighted by molar-refractivity contribution is 7.99. The monoisotopic (exact) mass is 271 g/mol. The van der Waals surface area contributed by atoms with Crippen molar-refractivity contribution in [3.63, 3.8) is 0 Å². The fourth-order valence-corrected chi connectivity index (χ4v) is 3.55. The standard InChI is InChI=1S/C16H17NOS/c1-11-7-8-13(15(9-11)18-2)17-14-10-19-16-6-4-3-5-12(14)16/h3-9,14,17H,10H2,1-2H3. The minimum atomic E-state index is 0.359. The van der Waals surface area contributed by atoms with E-state index in [2.05, 4.69) is 54.7 Å². The first kappa shape index (κ1) is 12.4. The molecule has 0 aromatic heterocycles. The Morgan fingerprint density at radius 3 is 2.89 bits per heavy atom. The first-order valence-electron chi connectivity index (χ1n) is 6.41. The Morgan fingerprint density at radius 1 is 1.21 bits per heavy atom. The van der Waals surface area contributed by atoms with Gasteiger partial charge in [-0.1, -0.05) is 24.3 Å². The highest BCUT2D eigenvalue weighted by Gasteiger charge is 2.23. The van der Waals surface area contributed by atoms with Crippen LogP contribution in [-0.2, 0) is 0 Å². The van der Waals surface area contributed by atoms with Crippen LogP contribution in [0, 0.1) is 6.92 Å². The molecule has 2 aromatic carbocycles. The number of fused-ring (bicyclic) bond motifs is 1. The number of ether oxygens (including phenoxy) is 1. The number of methoxy groups -OCH3 is 1. The number of thioether (sulfide) groups is 1. The molecule has 0 saturated heterocycles. The molecule has 1 aliphatic heterocycles. The molecule has 19 heavy (non-hydrogen) atoms. The molecule has 3 heteroatoms. The first-order valence-corrected chi connectivity index (χ1v) is 7.39. The summed E-state index contributed by atoms with van der Waals surface area (Å²) in [6.07, 6.45) is 0. The number of hydrogen-bond acceptors (Lipinski definition) is 3. The largest absolute Gasteiger partial charge is 0.495 e. The summed E-state index contributed by atoms with van der Waals surface area (Å²) in [4.78, 5) is 1.38. The molecule has 2 aromatic rings. The van der Waals surface area contributed by atoms with Gasteiger partial charge in [0.2, 0.25) is 0 Å². The summed E-state index contributed by atoms with van der Waals surface area (Å²) >= 11 is 1.91. The van der Waals surface area contributed by atoms with Crippen LogP contribution >= 0.6 is 11.8 Å². The van der Waals surface area contributed by atoms with Crippen LogP contribution in [0.25, 0.3) is 0 Å². The van der Waals surface area contributed by atoms with Crippen LogP contribution in [-0.4, -0.2) is 12.9 Å². The van der Waals surface area contributed by atoms with Crippen molar-refractivity contribution in [2.24, 2.45) is 0 Å². The lowest BCUT2D eigenvalue weighted by molar-refractivity contribution is 0.416. The van der Waals surface area contributed by atoms with E-state index in [0.717, 1.165) is 17.2 Å². The van der Waals surface area contributed by atoms with Gasteiger partial charge in [0.1, 0.15) is 5.75 Å². The quantitative estimate of drug-likeness (QED) is 0.901. The van der Waals surface area contributed by atoms with Gasteiger partial charge in [-0.3, -0.25) is 0 Å². The highest BCUT2D eigenvalue weighted by Crippen LogP contribution is 2.40. The second-order valence-electron chi connectivity index (χ2n) is 4.75. The summed E-state index contributed by atoms with van der Waals surface area (Å²) in [5.41, 5.74) is 3.66. The molecule has 0 amide bonds. The minimum absolute atomic E-state index is 0.359. The Bertz CT molecular complexity index is 597. The molecule has 0 saturated carbocycles. The number of rotatable bonds is 3. The molecule has 0 aliphatic carbocycles. The predicted molar refractivity (Wildman–Crippen MR) is 81.3 cm³/mol. The zero-order chi connectivity index (χ0) is 13.2. The summed E-state index contributed by atoms with van der Waals surface area (Å²) in [7, 11) is 1.72. The van der Waals surface area contributed by atoms with Gasteiger partial charge in [0.25, 0.3) is 0 Å². The van der Waals surface area contributed by atoms with Crippen LogP contribution in [0.2, 0.25) is 0 Å². The SMILES string of the molecule is COc1cc(C)ccc1NC1CSc2ccccc21. The molecule has 1 unspecified atom stereocenters. The molecule has 0 fully saturated rings. The number of benzene rings is 2. The molecule has 0 bridgehead atoms. The molecule has 1 N–H and O–H groups in total. The second-order valence-corrected chi connectivity index (χ2v) is 5.81. The number of anilines is 1. The van der Waals surface area contributed by atoms with Crippen molar-refractivity contribution in [3.8, 4) is 5.75 Å². The number of aryl methyl sites for hydroxylation is 1. The van der Waals surface area contributed by atoms with Crippen molar-refractivity contribution in [2.75, 3.05) is 18.2 Å². The fourth-order valence-electron chi connectivity index (χ4n) is 2.39. The van der Waals surface area contributed by atoms with Gasteiger partial charge in [0, 0.05) is 10.6 Å². The Labute approximate surface area is 118 Å². The van der Waals surface area contributed by atoms with Gasteiger partial charge in [0.05, 0.1) is 18.8 Å². The Balaban J connectivity index is 1.87. The van der Waals surface area contributed by atoms with Crippen molar-refractivity contribution in [1.82, 2.24) is 0 Å². The molecule has 0 spiro atoms. The Morgan fingerprint density at radius 2 is 2.05 bits per heavy atom. The fraction of sp³-hybridized carbons (Fsp3) is 0.250. The van der Waals surface area contributed by atoms with E-state index in [4.69, 9.17) is 4.74 Å². The third-order valence-corrected chi connectivity index (χ3v) is 4.57. The molecular formula is C16H17NOS. The average Bonchev–Trinajstić information content (AvgIpc) is 2.84. The van der Waals surface area contributed by atoms with Crippen molar-refractivity contribution in [2.45, 2.75) is 17.9 Å². The predicted octanol–water partition coefficient (Wildman–Crippen LogP) is 4.26. The van der Waals surface area contributed by atoms with Crippen LogP contribution in [0.15, 0.2) is 47.4 Å². The van der Waals surface area contributed by atoms with Gasteiger partial charge < -0.3 is 10.1 Å². The molecule has 3 rings (SSSR count). The highest BCUT2D eigenvalue weighted by atomic mass is 32.2. The minimum Gasteiger partial charge on any atom is -0.495 e. The van der Waals surface area contributed by atoms with E-state index < -0.39 is 0 Å². The Kier molecular flexibility index (Phi) is 3.38. The maximum absolute atomic E-state index is 5.46. The van der Waals surface area contributed by atoms with E-state index in [-0.39, 0.29) is 0 Å². The van der Waals surface area contributed by atoms with Gasteiger partial charge >= 0.3 is 0 Å². The molecule has 1 atom stereocenters. The molecule has 0 radical (unpaired) electrons. The van der Waals surface area contributed by atoms with Crippen LogP contribution in [0.1, 0.15) is 17.2 Å². The molecule has 2 nitrogen and oxygen atoms in total. The molecule has 1 aliphatic rings. The van der Waals surface area contributed by atoms with E-state index in [0.29, 0.717) is 6.04 Å². The van der Waals surface area contributed by atoms with Gasteiger partial charge in [-0.25, -0.2) is 0 Å². The average molecular weight is 271 g/mol. The van der Waals surface area contributed by atoms with Gasteiger partial charge in [-0.2, -0.15) is 0 Å². The number of hydrogen-bond donors (Lipinski definition) is 1. The van der Waals surface area contributed by atoms with Crippen LogP contribution in [0.3, 0.4) is 0 Å². The van der Waals surface area contributed by atoms with E-state index >= 15 is 0 Å². The summed E-state index contributed by atoms with van der Waals surface area (Å²) in [5, 5.41) is 3.60. The normalized spacial score (nSPS) is 17.1. The van der Waals surface area contributed by atoms with E-state index in [9.17, 15) is 0 Å². The third kappa shape index (κ3) is 2.43. The van der Waals surface area contributed by atoms with E-state index in [1.807, 2.05) is 11.8 Å². The lowest BCUT2D eigenvalue weighted by Gasteiger charge is -2.17. The summed E-state index contributed by atoms with van der Waals surface area (Å²) in [6.45, 7) is 2.08. The topological polar surface area (TPSA) is 21.3 Å². The first-order chi connectivity index (χ1) is 9.28. The van der Waals surface area contributed by atoms with Crippen molar-refractivity contribution < 1.29 is 4.74 Å². The maximum Gasteiger partial charge on any atom is 0.142 e. The van der Waals surface area contributed by atoms with Crippen molar-refractivity contribution in [3.05, 3.63) is 53.6 Å².